The van der Waals surface area contributed by atoms with Gasteiger partial charge in [0.2, 0.25) is 5.91 Å². The number of halogens is 1. The number of amides is 2. The second kappa shape index (κ2) is 11.4. The van der Waals surface area contributed by atoms with Gasteiger partial charge in [0.05, 0.1) is 6.61 Å². The van der Waals surface area contributed by atoms with Crippen LogP contribution in [0.3, 0.4) is 0 Å². The van der Waals surface area contributed by atoms with Gasteiger partial charge in [0.1, 0.15) is 18.4 Å². The third-order valence-corrected chi connectivity index (χ3v) is 6.91. The van der Waals surface area contributed by atoms with Crippen molar-refractivity contribution in [1.29, 1.82) is 0 Å². The molecule has 3 rings (SSSR count). The molecule has 2 amide bonds. The Bertz CT molecular complexity index is 1360. The van der Waals surface area contributed by atoms with Crippen molar-refractivity contribution in [3.63, 3.8) is 0 Å². The SMILES string of the molecule is COCc1ccc([C@@H](NC(=O)Cn2ccc(=O)[nH]c2=O)C(=O)Nc2ccc(S(C)(C)C)c(F)c2)cc1. The molecule has 0 radical (unpaired) electrons. The van der Waals surface area contributed by atoms with Crippen LogP contribution in [0.1, 0.15) is 17.2 Å². The molecule has 3 aromatic rings. The molecule has 9 nitrogen and oxygen atoms in total. The minimum Gasteiger partial charge on any atom is -0.380 e. The summed E-state index contributed by atoms with van der Waals surface area (Å²) >= 11 is 0. The predicted octanol–water partition coefficient (Wildman–Crippen LogP) is 2.37. The lowest BCUT2D eigenvalue weighted by Crippen LogP contribution is -2.40. The number of ether oxygens (including phenoxy) is 1. The van der Waals surface area contributed by atoms with Gasteiger partial charge in [-0.15, -0.1) is 0 Å². The van der Waals surface area contributed by atoms with Gasteiger partial charge in [-0.25, -0.2) is 19.2 Å². The fourth-order valence-electron chi connectivity index (χ4n) is 3.49. The predicted molar refractivity (Wildman–Crippen MR) is 138 cm³/mol. The number of hydrogen-bond acceptors (Lipinski definition) is 5. The van der Waals surface area contributed by atoms with E-state index in [0.717, 1.165) is 16.2 Å². The van der Waals surface area contributed by atoms with Crippen LogP contribution in [0.4, 0.5) is 10.1 Å². The molecule has 11 heteroatoms. The van der Waals surface area contributed by atoms with Crippen molar-refractivity contribution in [2.24, 2.45) is 0 Å². The summed E-state index contributed by atoms with van der Waals surface area (Å²) in [6.07, 6.45) is 7.10. The number of nitrogens with zero attached hydrogens (tertiary/aromatic N) is 1. The van der Waals surface area contributed by atoms with Gasteiger partial charge in [-0.1, -0.05) is 24.3 Å². The van der Waals surface area contributed by atoms with Crippen molar-refractivity contribution in [2.45, 2.75) is 24.1 Å². The van der Waals surface area contributed by atoms with Gasteiger partial charge in [0, 0.05) is 30.0 Å². The zero-order valence-corrected chi connectivity index (χ0v) is 21.3. The number of aromatic amines is 1. The van der Waals surface area contributed by atoms with Gasteiger partial charge in [0.15, 0.2) is 0 Å². The van der Waals surface area contributed by atoms with Gasteiger partial charge in [0.25, 0.3) is 11.5 Å². The molecular formula is C25H29FN4O5S. The van der Waals surface area contributed by atoms with Crippen LogP contribution in [0.25, 0.3) is 0 Å². The van der Waals surface area contributed by atoms with E-state index in [1.165, 1.54) is 12.3 Å². The minimum atomic E-state index is -1.30. The Balaban J connectivity index is 1.85. The standard InChI is InChI=1S/C25H29FN4O5S/c1-35-15-16-5-7-17(8-6-16)23(28-22(32)14-30-12-11-21(31)29-25(30)34)24(33)27-18-9-10-20(19(26)13-18)36(2,3)4/h5-13,23H,14-15H2,1-4H3,(H,27,33)(H,28,32)(H,29,31,34)/t23-/m1/s1. The van der Waals surface area contributed by atoms with E-state index in [1.807, 2.05) is 18.8 Å². The summed E-state index contributed by atoms with van der Waals surface area (Å²) in [6, 6.07) is 11.4. The maximum absolute atomic E-state index is 14.7. The van der Waals surface area contributed by atoms with Crippen LogP contribution < -0.4 is 21.9 Å². The van der Waals surface area contributed by atoms with Crippen molar-refractivity contribution >= 4 is 27.5 Å². The number of hydrogen-bond donors (Lipinski definition) is 3. The molecule has 36 heavy (non-hydrogen) atoms. The molecule has 0 aliphatic heterocycles. The first kappa shape index (κ1) is 26.9. The molecule has 192 valence electrons. The van der Waals surface area contributed by atoms with Crippen molar-refractivity contribution in [3.05, 3.63) is 92.5 Å². The van der Waals surface area contributed by atoms with Crippen LogP contribution in [0, 0.1) is 5.82 Å². The Morgan fingerprint density at radius 3 is 2.36 bits per heavy atom. The highest BCUT2D eigenvalue weighted by Crippen LogP contribution is 2.46. The molecule has 0 fully saturated rings. The number of anilines is 1. The van der Waals surface area contributed by atoms with Gasteiger partial charge in [-0.3, -0.25) is 23.9 Å². The minimum absolute atomic E-state index is 0.247. The summed E-state index contributed by atoms with van der Waals surface area (Å²) in [7, 11) is 0.260. The van der Waals surface area contributed by atoms with Crippen LogP contribution in [0.5, 0.6) is 0 Å². The number of H-pyrrole nitrogens is 1. The summed E-state index contributed by atoms with van der Waals surface area (Å²) in [6.45, 7) is -0.0428. The zero-order chi connectivity index (χ0) is 26.5. The highest BCUT2D eigenvalue weighted by atomic mass is 32.3. The molecule has 1 heterocycles. The number of carbonyl (C=O) groups is 2. The van der Waals surface area contributed by atoms with E-state index in [9.17, 15) is 23.6 Å². The summed E-state index contributed by atoms with van der Waals surface area (Å²) in [5.41, 5.74) is 0.257. The van der Waals surface area contributed by atoms with E-state index in [1.54, 1.807) is 43.5 Å². The van der Waals surface area contributed by atoms with E-state index in [-0.39, 0.29) is 5.69 Å². The third kappa shape index (κ3) is 6.92. The first-order chi connectivity index (χ1) is 17.0. The smallest absolute Gasteiger partial charge is 0.328 e. The van der Waals surface area contributed by atoms with Crippen molar-refractivity contribution in [3.8, 4) is 0 Å². The Morgan fingerprint density at radius 2 is 1.78 bits per heavy atom. The lowest BCUT2D eigenvalue weighted by atomic mass is 10.0. The van der Waals surface area contributed by atoms with Gasteiger partial charge < -0.3 is 15.4 Å². The molecule has 0 spiro atoms. The summed E-state index contributed by atoms with van der Waals surface area (Å²) in [5, 5.41) is 5.28. The number of carbonyl (C=O) groups excluding carboxylic acids is 2. The van der Waals surface area contributed by atoms with Crippen LogP contribution in [-0.2, 0) is 27.5 Å². The van der Waals surface area contributed by atoms with Crippen LogP contribution in [0.2, 0.25) is 0 Å². The van der Waals surface area contributed by atoms with Crippen molar-refractivity contribution in [1.82, 2.24) is 14.9 Å². The summed E-state index contributed by atoms with van der Waals surface area (Å²) < 4.78 is 20.8. The highest BCUT2D eigenvalue weighted by molar-refractivity contribution is 8.32. The van der Waals surface area contributed by atoms with E-state index in [0.29, 0.717) is 17.1 Å². The number of benzene rings is 2. The summed E-state index contributed by atoms with van der Waals surface area (Å²) in [4.78, 5) is 51.8. The monoisotopic (exact) mass is 516 g/mol. The average Bonchev–Trinajstić information content (AvgIpc) is 2.79. The van der Waals surface area contributed by atoms with Crippen LogP contribution in [-0.4, -0.2) is 47.2 Å². The van der Waals surface area contributed by atoms with Crippen molar-refractivity contribution < 1.29 is 18.7 Å². The summed E-state index contributed by atoms with van der Waals surface area (Å²) in [5.74, 6) is -1.65. The molecule has 0 unspecified atom stereocenters. The average molecular weight is 517 g/mol. The molecule has 1 atom stereocenters. The number of nitrogens with one attached hydrogen (secondary N) is 3. The Kier molecular flexibility index (Phi) is 8.49. The lowest BCUT2D eigenvalue weighted by Gasteiger charge is -2.26. The first-order valence-electron chi connectivity index (χ1n) is 10.9. The fourth-order valence-corrected chi connectivity index (χ4v) is 4.61. The molecule has 0 aliphatic rings. The molecular weight excluding hydrogens is 487 g/mol. The van der Waals surface area contributed by atoms with E-state index in [2.05, 4.69) is 15.6 Å². The molecule has 2 aromatic carbocycles. The van der Waals surface area contributed by atoms with E-state index < -0.39 is 51.5 Å². The number of rotatable bonds is 9. The topological polar surface area (TPSA) is 122 Å². The van der Waals surface area contributed by atoms with Gasteiger partial charge >= 0.3 is 5.69 Å². The Labute approximate surface area is 209 Å². The molecule has 0 bridgehead atoms. The van der Waals surface area contributed by atoms with Crippen molar-refractivity contribution in [2.75, 3.05) is 31.2 Å². The zero-order valence-electron chi connectivity index (χ0n) is 20.5. The molecule has 0 aliphatic carbocycles. The van der Waals surface area contributed by atoms with E-state index >= 15 is 0 Å². The maximum Gasteiger partial charge on any atom is 0.328 e. The van der Waals surface area contributed by atoms with Crippen LogP contribution >= 0.6 is 10.0 Å². The molecule has 1 aromatic heterocycles. The first-order valence-corrected chi connectivity index (χ1v) is 13.8. The highest BCUT2D eigenvalue weighted by Gasteiger charge is 2.24. The fraction of sp³-hybridized carbons (Fsp3) is 0.280. The third-order valence-electron chi connectivity index (χ3n) is 5.26. The normalized spacial score (nSPS) is 12.6. The van der Waals surface area contributed by atoms with Gasteiger partial charge in [-0.2, -0.15) is 0 Å². The van der Waals surface area contributed by atoms with Gasteiger partial charge in [-0.05, 0) is 48.1 Å². The number of methoxy groups -OCH3 is 1. The van der Waals surface area contributed by atoms with Crippen LogP contribution in [0.15, 0.2) is 69.2 Å². The maximum atomic E-state index is 14.7. The molecule has 3 N–H and O–H groups in total. The second-order valence-electron chi connectivity index (χ2n) is 8.88. The lowest BCUT2D eigenvalue weighted by molar-refractivity contribution is -0.127. The Hall–Kier alpha value is -3.70. The second-order valence-corrected chi connectivity index (χ2v) is 13.0. The molecule has 0 saturated heterocycles. The quantitative estimate of drug-likeness (QED) is 0.403. The molecule has 0 saturated carbocycles. The number of aromatic nitrogens is 2. The van der Waals surface area contributed by atoms with E-state index in [4.69, 9.17) is 4.74 Å². The Morgan fingerprint density at radius 1 is 1.08 bits per heavy atom. The largest absolute Gasteiger partial charge is 0.380 e.